The van der Waals surface area contributed by atoms with Gasteiger partial charge in [0, 0.05) is 25.6 Å². The maximum atomic E-state index is 13.3. The number of para-hydroxylation sites is 1. The molecule has 1 aliphatic rings. The number of nitrogens with zero attached hydrogens (tertiary/aromatic N) is 2. The first kappa shape index (κ1) is 25.9. The van der Waals surface area contributed by atoms with Gasteiger partial charge in [-0.1, -0.05) is 13.0 Å². The number of aliphatic hydroxyl groups is 1. The van der Waals surface area contributed by atoms with Gasteiger partial charge < -0.3 is 25.4 Å². The summed E-state index contributed by atoms with van der Waals surface area (Å²) >= 11 is 0. The molecule has 32 heavy (non-hydrogen) atoms. The Kier molecular flexibility index (Phi) is 8.49. The first-order valence-electron chi connectivity index (χ1n) is 10.6. The number of aliphatic hydroxyl groups excluding tert-OH is 1. The van der Waals surface area contributed by atoms with E-state index in [1.165, 1.54) is 11.4 Å². The van der Waals surface area contributed by atoms with Crippen LogP contribution in [0.1, 0.15) is 38.1 Å². The average molecular weight is 471 g/mol. The average Bonchev–Trinajstić information content (AvgIpc) is 2.69. The van der Waals surface area contributed by atoms with Crippen molar-refractivity contribution in [2.24, 2.45) is 5.92 Å². The number of amides is 3. The molecule has 0 spiro atoms. The first-order valence-corrected chi connectivity index (χ1v) is 12.4. The van der Waals surface area contributed by atoms with Crippen molar-refractivity contribution in [3.63, 3.8) is 0 Å². The molecular formula is C21H34N4O6S. The van der Waals surface area contributed by atoms with Crippen LogP contribution in [0.3, 0.4) is 0 Å². The van der Waals surface area contributed by atoms with Crippen molar-refractivity contribution in [3.8, 4) is 5.75 Å². The molecule has 0 unspecified atom stereocenters. The summed E-state index contributed by atoms with van der Waals surface area (Å²) in [6.45, 7) is 7.34. The van der Waals surface area contributed by atoms with Crippen LogP contribution in [0.25, 0.3) is 0 Å². The zero-order valence-electron chi connectivity index (χ0n) is 19.5. The standard InChI is InChI=1S/C21H34N4O6S/c1-13(2)22-21(28)23-17-9-7-8-16-19(17)31-18(11-24(5)32(6,29)30)14(3)10-25(20(16)27)15(4)12-26/h7-9,13-15,18,26H,10-12H2,1-6H3,(H2,22,23,28)/t14-,15-,18-/m0/s1. The van der Waals surface area contributed by atoms with Crippen LogP contribution in [-0.4, -0.2) is 85.9 Å². The molecule has 1 heterocycles. The normalized spacial score (nSPS) is 20.3. The summed E-state index contributed by atoms with van der Waals surface area (Å²) < 4.78 is 31.4. The fraction of sp³-hybridized carbons (Fsp3) is 0.619. The van der Waals surface area contributed by atoms with Crippen LogP contribution < -0.4 is 15.4 Å². The third-order valence-electron chi connectivity index (χ3n) is 5.36. The van der Waals surface area contributed by atoms with Crippen molar-refractivity contribution < 1.29 is 27.9 Å². The van der Waals surface area contributed by atoms with E-state index in [0.29, 0.717) is 5.69 Å². The number of rotatable bonds is 7. The van der Waals surface area contributed by atoms with Crippen molar-refractivity contribution in [1.82, 2.24) is 14.5 Å². The fourth-order valence-electron chi connectivity index (χ4n) is 3.37. The second-order valence-corrected chi connectivity index (χ2v) is 10.7. The number of hydrogen-bond donors (Lipinski definition) is 3. The van der Waals surface area contributed by atoms with Crippen LogP contribution in [0.2, 0.25) is 0 Å². The summed E-state index contributed by atoms with van der Waals surface area (Å²) in [4.78, 5) is 27.2. The van der Waals surface area contributed by atoms with Gasteiger partial charge in [0.25, 0.3) is 5.91 Å². The lowest BCUT2D eigenvalue weighted by atomic mass is 9.99. The van der Waals surface area contributed by atoms with Gasteiger partial charge in [-0.2, -0.15) is 0 Å². The molecule has 0 aromatic heterocycles. The maximum Gasteiger partial charge on any atom is 0.319 e. The maximum absolute atomic E-state index is 13.3. The van der Waals surface area contributed by atoms with E-state index in [0.717, 1.165) is 6.26 Å². The number of hydrogen-bond acceptors (Lipinski definition) is 6. The van der Waals surface area contributed by atoms with Gasteiger partial charge in [-0.15, -0.1) is 0 Å². The number of carbonyl (C=O) groups is 2. The quantitative estimate of drug-likeness (QED) is 0.552. The minimum atomic E-state index is -3.46. The third-order valence-corrected chi connectivity index (χ3v) is 6.64. The van der Waals surface area contributed by atoms with E-state index in [2.05, 4.69) is 10.6 Å². The van der Waals surface area contributed by atoms with E-state index in [1.54, 1.807) is 30.0 Å². The Morgan fingerprint density at radius 2 is 2.00 bits per heavy atom. The third kappa shape index (κ3) is 6.33. The molecule has 0 saturated heterocycles. The van der Waals surface area contributed by atoms with Crippen molar-refractivity contribution >= 4 is 27.6 Å². The highest BCUT2D eigenvalue weighted by Crippen LogP contribution is 2.35. The Morgan fingerprint density at radius 1 is 1.34 bits per heavy atom. The predicted octanol–water partition coefficient (Wildman–Crippen LogP) is 1.33. The second kappa shape index (κ2) is 10.5. The monoisotopic (exact) mass is 470 g/mol. The first-order chi connectivity index (χ1) is 14.8. The van der Waals surface area contributed by atoms with Crippen LogP contribution in [0.5, 0.6) is 5.75 Å². The van der Waals surface area contributed by atoms with Crippen molar-refractivity contribution in [2.75, 3.05) is 38.3 Å². The molecule has 1 aromatic carbocycles. The zero-order valence-corrected chi connectivity index (χ0v) is 20.3. The topological polar surface area (TPSA) is 128 Å². The lowest BCUT2D eigenvalue weighted by Crippen LogP contribution is -2.50. The summed E-state index contributed by atoms with van der Waals surface area (Å²) in [5.41, 5.74) is 0.526. The van der Waals surface area contributed by atoms with Gasteiger partial charge in [0.2, 0.25) is 10.0 Å². The van der Waals surface area contributed by atoms with Crippen molar-refractivity contribution in [2.45, 2.75) is 45.9 Å². The molecule has 3 amide bonds. The molecular weight excluding hydrogens is 436 g/mol. The molecule has 180 valence electrons. The summed E-state index contributed by atoms with van der Waals surface area (Å²) in [5.74, 6) is -0.427. The summed E-state index contributed by atoms with van der Waals surface area (Å²) in [6.07, 6.45) is 0.507. The number of urea groups is 1. The number of sulfonamides is 1. The van der Waals surface area contributed by atoms with Gasteiger partial charge in [-0.3, -0.25) is 4.79 Å². The number of anilines is 1. The van der Waals surface area contributed by atoms with Crippen molar-refractivity contribution in [3.05, 3.63) is 23.8 Å². The van der Waals surface area contributed by atoms with Crippen molar-refractivity contribution in [1.29, 1.82) is 0 Å². The second-order valence-electron chi connectivity index (χ2n) is 8.60. The molecule has 1 aromatic rings. The molecule has 2 rings (SSSR count). The molecule has 10 nitrogen and oxygen atoms in total. The van der Waals surface area contributed by atoms with E-state index in [1.807, 2.05) is 20.8 Å². The van der Waals surface area contributed by atoms with Crippen LogP contribution in [0, 0.1) is 5.92 Å². The largest absolute Gasteiger partial charge is 0.486 e. The van der Waals surface area contributed by atoms with E-state index in [9.17, 15) is 23.1 Å². The number of carbonyl (C=O) groups excluding carboxylic acids is 2. The fourth-order valence-corrected chi connectivity index (χ4v) is 3.79. The van der Waals surface area contributed by atoms with Crippen LogP contribution in [0.15, 0.2) is 18.2 Å². The minimum Gasteiger partial charge on any atom is -0.486 e. The molecule has 11 heteroatoms. The van der Waals surface area contributed by atoms with E-state index >= 15 is 0 Å². The zero-order chi connectivity index (χ0) is 24.2. The van der Waals surface area contributed by atoms with Crippen LogP contribution in [-0.2, 0) is 10.0 Å². The minimum absolute atomic E-state index is 0.0570. The van der Waals surface area contributed by atoms with E-state index < -0.39 is 28.2 Å². The summed E-state index contributed by atoms with van der Waals surface area (Å²) in [5, 5.41) is 15.1. The molecule has 3 atom stereocenters. The highest BCUT2D eigenvalue weighted by molar-refractivity contribution is 7.88. The van der Waals surface area contributed by atoms with E-state index in [-0.39, 0.29) is 48.9 Å². The number of fused-ring (bicyclic) bond motifs is 1. The molecule has 0 radical (unpaired) electrons. The van der Waals surface area contributed by atoms with Gasteiger partial charge in [0.15, 0.2) is 5.75 Å². The summed E-state index contributed by atoms with van der Waals surface area (Å²) in [6, 6.07) is 3.84. The number of benzene rings is 1. The van der Waals surface area contributed by atoms with Gasteiger partial charge in [0.1, 0.15) is 6.10 Å². The van der Waals surface area contributed by atoms with Gasteiger partial charge >= 0.3 is 6.03 Å². The molecule has 0 aliphatic carbocycles. The molecule has 1 aliphatic heterocycles. The smallest absolute Gasteiger partial charge is 0.319 e. The highest BCUT2D eigenvalue weighted by atomic mass is 32.2. The molecule has 0 saturated carbocycles. The van der Waals surface area contributed by atoms with Crippen LogP contribution >= 0.6 is 0 Å². The molecule has 0 bridgehead atoms. The Bertz CT molecular complexity index is 936. The van der Waals surface area contributed by atoms with Gasteiger partial charge in [-0.25, -0.2) is 17.5 Å². The van der Waals surface area contributed by atoms with Crippen LogP contribution in [0.4, 0.5) is 10.5 Å². The lowest BCUT2D eigenvalue weighted by molar-refractivity contribution is 0.0389. The van der Waals surface area contributed by atoms with Gasteiger partial charge in [0.05, 0.1) is 36.7 Å². The molecule has 0 fully saturated rings. The predicted molar refractivity (Wildman–Crippen MR) is 122 cm³/mol. The highest BCUT2D eigenvalue weighted by Gasteiger charge is 2.35. The van der Waals surface area contributed by atoms with E-state index in [4.69, 9.17) is 4.74 Å². The number of nitrogens with one attached hydrogen (secondary N) is 2. The Balaban J connectivity index is 2.54. The Labute approximate surface area is 190 Å². The Hall–Kier alpha value is -2.37. The number of ether oxygens (including phenoxy) is 1. The number of likely N-dealkylation sites (N-methyl/N-ethyl adjacent to an activating group) is 1. The molecule has 3 N–H and O–H groups in total. The Morgan fingerprint density at radius 3 is 2.56 bits per heavy atom. The van der Waals surface area contributed by atoms with Gasteiger partial charge in [-0.05, 0) is 32.9 Å². The lowest BCUT2D eigenvalue weighted by Gasteiger charge is -2.38. The summed E-state index contributed by atoms with van der Waals surface area (Å²) in [7, 11) is -2.00. The SMILES string of the molecule is CC(C)NC(=O)Nc1cccc2c1O[C@@H](CN(C)S(C)(=O)=O)[C@@H](C)CN([C@@H](C)CO)C2=O.